The van der Waals surface area contributed by atoms with Crippen LogP contribution < -0.4 is 15.0 Å². The van der Waals surface area contributed by atoms with Gasteiger partial charge in [0.25, 0.3) is 0 Å². The van der Waals surface area contributed by atoms with E-state index in [-0.39, 0.29) is 11.7 Å². The lowest BCUT2D eigenvalue weighted by molar-refractivity contribution is -0.120. The monoisotopic (exact) mass is 474 g/mol. The summed E-state index contributed by atoms with van der Waals surface area (Å²) in [5, 5.41) is 17.2. The van der Waals surface area contributed by atoms with E-state index in [0.29, 0.717) is 17.1 Å². The molecule has 2 heterocycles. The van der Waals surface area contributed by atoms with Gasteiger partial charge in [0.1, 0.15) is 11.6 Å². The van der Waals surface area contributed by atoms with Gasteiger partial charge in [-0.1, -0.05) is 19.1 Å². The number of benzene rings is 3. The Morgan fingerprint density at radius 2 is 1.74 bits per heavy atom. The van der Waals surface area contributed by atoms with Gasteiger partial charge in [-0.3, -0.25) is 4.79 Å². The minimum Gasteiger partial charge on any atom is -0.497 e. The molecule has 0 saturated carbocycles. The molecule has 3 aromatic carbocycles. The summed E-state index contributed by atoms with van der Waals surface area (Å²) in [6, 6.07) is 17.6. The van der Waals surface area contributed by atoms with Gasteiger partial charge in [-0.05, 0) is 60.2 Å². The SMILES string of the molecule is COc1ccc(C2C(NC(=O)O)C(C)C(=O)N2c2ccc3c(cnn3-c3ccc(F)cc3)c2)cc1. The maximum absolute atomic E-state index is 13.4. The van der Waals surface area contributed by atoms with E-state index in [2.05, 4.69) is 10.4 Å². The van der Waals surface area contributed by atoms with Gasteiger partial charge in [0, 0.05) is 11.1 Å². The van der Waals surface area contributed by atoms with Crippen molar-refractivity contribution in [1.29, 1.82) is 0 Å². The van der Waals surface area contributed by atoms with E-state index >= 15 is 0 Å². The zero-order chi connectivity index (χ0) is 24.7. The average molecular weight is 474 g/mol. The van der Waals surface area contributed by atoms with Crippen LogP contribution in [0.3, 0.4) is 0 Å². The van der Waals surface area contributed by atoms with Crippen molar-refractivity contribution in [3.8, 4) is 11.4 Å². The zero-order valence-electron chi connectivity index (χ0n) is 19.1. The second-order valence-electron chi connectivity index (χ2n) is 8.47. The fraction of sp³-hybridized carbons (Fsp3) is 0.192. The number of amides is 2. The van der Waals surface area contributed by atoms with Crippen molar-refractivity contribution < 1.29 is 23.8 Å². The molecule has 2 amide bonds. The molecule has 9 heteroatoms. The molecule has 1 saturated heterocycles. The summed E-state index contributed by atoms with van der Waals surface area (Å²) in [6.45, 7) is 1.73. The van der Waals surface area contributed by atoms with E-state index in [9.17, 15) is 19.1 Å². The molecule has 5 rings (SSSR count). The second-order valence-corrected chi connectivity index (χ2v) is 8.47. The molecule has 1 aliphatic heterocycles. The molecule has 1 aromatic heterocycles. The highest BCUT2D eigenvalue weighted by Gasteiger charge is 2.48. The summed E-state index contributed by atoms with van der Waals surface area (Å²) in [6.07, 6.45) is 0.493. The van der Waals surface area contributed by atoms with Gasteiger partial charge >= 0.3 is 6.09 Å². The largest absolute Gasteiger partial charge is 0.497 e. The molecular weight excluding hydrogens is 451 g/mol. The molecule has 0 radical (unpaired) electrons. The summed E-state index contributed by atoms with van der Waals surface area (Å²) < 4.78 is 20.3. The van der Waals surface area contributed by atoms with Crippen LogP contribution >= 0.6 is 0 Å². The van der Waals surface area contributed by atoms with Crippen molar-refractivity contribution >= 4 is 28.6 Å². The molecule has 0 aliphatic carbocycles. The zero-order valence-corrected chi connectivity index (χ0v) is 19.1. The number of ether oxygens (including phenoxy) is 1. The Kier molecular flexibility index (Phi) is 5.60. The maximum atomic E-state index is 13.4. The minimum atomic E-state index is -1.19. The summed E-state index contributed by atoms with van der Waals surface area (Å²) in [7, 11) is 1.57. The number of hydrogen-bond donors (Lipinski definition) is 2. The number of carboxylic acid groups (broad SMARTS) is 1. The molecule has 3 unspecified atom stereocenters. The van der Waals surface area contributed by atoms with Crippen LogP contribution in [0.1, 0.15) is 18.5 Å². The predicted octanol–water partition coefficient (Wildman–Crippen LogP) is 4.53. The predicted molar refractivity (Wildman–Crippen MR) is 128 cm³/mol. The van der Waals surface area contributed by atoms with Crippen LogP contribution in [0.2, 0.25) is 0 Å². The van der Waals surface area contributed by atoms with E-state index in [1.165, 1.54) is 12.1 Å². The molecule has 1 aliphatic rings. The number of nitrogens with one attached hydrogen (secondary N) is 1. The molecule has 4 aromatic rings. The number of carbonyl (C=O) groups is 2. The summed E-state index contributed by atoms with van der Waals surface area (Å²) in [5.74, 6) is -0.427. The number of methoxy groups -OCH3 is 1. The first-order valence-electron chi connectivity index (χ1n) is 11.1. The summed E-state index contributed by atoms with van der Waals surface area (Å²) in [5.41, 5.74) is 2.91. The standard InChI is InChI=1S/C26H23FN4O4/c1-15-23(29-26(33)34)24(16-3-10-21(35-2)11-4-16)30(25(15)32)20-9-12-22-17(13-20)14-28-31(22)19-7-5-18(27)6-8-19/h3-15,23-24,29H,1-2H3,(H,33,34). The highest BCUT2D eigenvalue weighted by molar-refractivity contribution is 6.01. The van der Waals surface area contributed by atoms with Gasteiger partial charge in [0.2, 0.25) is 5.91 Å². The first-order chi connectivity index (χ1) is 16.9. The Morgan fingerprint density at radius 1 is 1.06 bits per heavy atom. The summed E-state index contributed by atoms with van der Waals surface area (Å²) >= 11 is 0. The van der Waals surface area contributed by atoms with Crippen molar-refractivity contribution in [2.75, 3.05) is 12.0 Å². The Balaban J connectivity index is 1.58. The normalized spacial score (nSPS) is 19.8. The average Bonchev–Trinajstić information content (AvgIpc) is 3.38. The third kappa shape index (κ3) is 3.95. The number of anilines is 1. The van der Waals surface area contributed by atoms with Gasteiger partial charge in [-0.2, -0.15) is 5.10 Å². The van der Waals surface area contributed by atoms with Gasteiger partial charge in [0.05, 0.1) is 42.5 Å². The van der Waals surface area contributed by atoms with Crippen LogP contribution in [0.15, 0.2) is 72.9 Å². The Morgan fingerprint density at radius 3 is 2.40 bits per heavy atom. The number of carbonyl (C=O) groups excluding carboxylic acids is 1. The fourth-order valence-corrected chi connectivity index (χ4v) is 4.69. The quantitative estimate of drug-likeness (QED) is 0.443. The maximum Gasteiger partial charge on any atom is 0.404 e. The van der Waals surface area contributed by atoms with Crippen molar-refractivity contribution in [3.05, 3.63) is 84.3 Å². The molecule has 3 atom stereocenters. The van der Waals surface area contributed by atoms with Crippen molar-refractivity contribution in [2.45, 2.75) is 19.0 Å². The van der Waals surface area contributed by atoms with Crippen LogP contribution in [0, 0.1) is 11.7 Å². The van der Waals surface area contributed by atoms with Gasteiger partial charge in [-0.25, -0.2) is 13.9 Å². The lowest BCUT2D eigenvalue weighted by Gasteiger charge is -2.29. The summed E-state index contributed by atoms with van der Waals surface area (Å²) in [4.78, 5) is 26.6. The first-order valence-corrected chi connectivity index (χ1v) is 11.1. The van der Waals surface area contributed by atoms with Crippen molar-refractivity contribution in [3.63, 3.8) is 0 Å². The van der Waals surface area contributed by atoms with E-state index in [1.807, 2.05) is 30.3 Å². The molecular formula is C26H23FN4O4. The van der Waals surface area contributed by atoms with E-state index in [0.717, 1.165) is 16.5 Å². The lowest BCUT2D eigenvalue weighted by Crippen LogP contribution is -2.41. The highest BCUT2D eigenvalue weighted by atomic mass is 19.1. The van der Waals surface area contributed by atoms with Gasteiger partial charge < -0.3 is 20.1 Å². The van der Waals surface area contributed by atoms with Crippen LogP contribution in [-0.2, 0) is 4.79 Å². The number of hydrogen-bond acceptors (Lipinski definition) is 4. The van der Waals surface area contributed by atoms with Crippen molar-refractivity contribution in [2.24, 2.45) is 5.92 Å². The molecule has 8 nitrogen and oxygen atoms in total. The second kappa shape index (κ2) is 8.75. The van der Waals surface area contributed by atoms with E-state index < -0.39 is 24.1 Å². The topological polar surface area (TPSA) is 96.7 Å². The first kappa shape index (κ1) is 22.4. The fourth-order valence-electron chi connectivity index (χ4n) is 4.69. The van der Waals surface area contributed by atoms with E-state index in [4.69, 9.17) is 4.74 Å². The van der Waals surface area contributed by atoms with Crippen molar-refractivity contribution in [1.82, 2.24) is 15.1 Å². The van der Waals surface area contributed by atoms with Crippen LogP contribution in [-0.4, -0.2) is 40.0 Å². The van der Waals surface area contributed by atoms with Crippen LogP contribution in [0.5, 0.6) is 5.75 Å². The number of aromatic nitrogens is 2. The van der Waals surface area contributed by atoms with E-state index in [1.54, 1.807) is 54.1 Å². The van der Waals surface area contributed by atoms with Crippen LogP contribution in [0.4, 0.5) is 14.9 Å². The number of halogens is 1. The Hall–Kier alpha value is -4.40. The molecule has 35 heavy (non-hydrogen) atoms. The third-order valence-electron chi connectivity index (χ3n) is 6.43. The third-order valence-corrected chi connectivity index (χ3v) is 6.43. The molecule has 0 spiro atoms. The lowest BCUT2D eigenvalue weighted by atomic mass is 9.94. The van der Waals surface area contributed by atoms with Gasteiger partial charge in [-0.15, -0.1) is 0 Å². The Labute approximate surface area is 200 Å². The number of fused-ring (bicyclic) bond motifs is 1. The van der Waals surface area contributed by atoms with Gasteiger partial charge in [0.15, 0.2) is 0 Å². The molecule has 1 fully saturated rings. The molecule has 2 N–H and O–H groups in total. The smallest absolute Gasteiger partial charge is 0.404 e. The Bertz CT molecular complexity index is 1400. The van der Waals surface area contributed by atoms with Crippen LogP contribution in [0.25, 0.3) is 16.6 Å². The molecule has 178 valence electrons. The minimum absolute atomic E-state index is 0.185. The number of nitrogens with zero attached hydrogens (tertiary/aromatic N) is 3. The molecule has 0 bridgehead atoms. The number of rotatable bonds is 5. The highest BCUT2D eigenvalue weighted by Crippen LogP contribution is 2.41.